The van der Waals surface area contributed by atoms with Crippen molar-refractivity contribution in [2.45, 2.75) is 12.7 Å². The molecule has 0 aromatic heterocycles. The first kappa shape index (κ1) is 10.7. The average Bonchev–Trinajstić information content (AvgIpc) is 2.65. The summed E-state index contributed by atoms with van der Waals surface area (Å²) < 4.78 is 32.7. The first-order valence-corrected chi connectivity index (χ1v) is 4.63. The van der Waals surface area contributed by atoms with E-state index in [1.54, 1.807) is 12.1 Å². The second-order valence-electron chi connectivity index (χ2n) is 3.24. The van der Waals surface area contributed by atoms with Gasteiger partial charge in [-0.05, 0) is 17.7 Å². The predicted octanol–water partition coefficient (Wildman–Crippen LogP) is 2.07. The number of carbonyl (C=O) groups excluding carboxylic acids is 1. The highest BCUT2D eigenvalue weighted by molar-refractivity contribution is 5.70. The maximum atomic E-state index is 11.9. The lowest BCUT2D eigenvalue weighted by Gasteiger charge is -2.09. The van der Waals surface area contributed by atoms with Crippen LogP contribution in [0.25, 0.3) is 0 Å². The summed E-state index contributed by atoms with van der Waals surface area (Å²) in [6.07, 6.45) is -0.474. The summed E-state index contributed by atoms with van der Waals surface area (Å²) >= 11 is 0. The van der Waals surface area contributed by atoms with Gasteiger partial charge in [-0.1, -0.05) is 12.1 Å². The second kappa shape index (κ2) is 4.34. The van der Waals surface area contributed by atoms with E-state index in [4.69, 9.17) is 4.74 Å². The number of halogens is 2. The van der Waals surface area contributed by atoms with Crippen molar-refractivity contribution in [2.24, 2.45) is 0 Å². The average molecular weight is 229 g/mol. The van der Waals surface area contributed by atoms with Gasteiger partial charge in [0.05, 0.1) is 6.04 Å². The first-order valence-electron chi connectivity index (χ1n) is 4.63. The number of alkyl halides is 2. The number of cyclic esters (lactones) is 1. The zero-order chi connectivity index (χ0) is 11.5. The summed E-state index contributed by atoms with van der Waals surface area (Å²) in [4.78, 5) is 10.8. The SMILES string of the molecule is O=C1N[C@@H](c2ccc(OC(F)F)cc2)CO1. The molecule has 1 aromatic rings. The molecule has 0 saturated carbocycles. The molecule has 0 aliphatic carbocycles. The van der Waals surface area contributed by atoms with E-state index in [0.29, 0.717) is 0 Å². The van der Waals surface area contributed by atoms with Crippen molar-refractivity contribution >= 4 is 6.09 Å². The van der Waals surface area contributed by atoms with E-state index in [1.807, 2.05) is 0 Å². The Labute approximate surface area is 90.2 Å². The standard InChI is InChI=1S/C10H9F2NO3/c11-9(12)16-7-3-1-6(2-4-7)8-5-15-10(14)13-8/h1-4,8-9H,5H2,(H,13,14)/t8-/m1/s1. The largest absolute Gasteiger partial charge is 0.447 e. The number of hydrogen-bond acceptors (Lipinski definition) is 3. The van der Waals surface area contributed by atoms with Crippen molar-refractivity contribution in [2.75, 3.05) is 6.61 Å². The molecule has 86 valence electrons. The molecule has 1 saturated heterocycles. The lowest BCUT2D eigenvalue weighted by atomic mass is 10.1. The molecule has 0 unspecified atom stereocenters. The fraction of sp³-hybridized carbons (Fsp3) is 0.300. The molecule has 1 amide bonds. The number of nitrogens with one attached hydrogen (secondary N) is 1. The van der Waals surface area contributed by atoms with Gasteiger partial charge in [0.15, 0.2) is 0 Å². The molecule has 4 nitrogen and oxygen atoms in total. The Morgan fingerprint density at radius 3 is 2.56 bits per heavy atom. The molecule has 0 radical (unpaired) electrons. The Morgan fingerprint density at radius 1 is 1.38 bits per heavy atom. The van der Waals surface area contributed by atoms with Gasteiger partial charge >= 0.3 is 12.7 Å². The van der Waals surface area contributed by atoms with Crippen molar-refractivity contribution in [1.29, 1.82) is 0 Å². The zero-order valence-corrected chi connectivity index (χ0v) is 8.15. The van der Waals surface area contributed by atoms with E-state index in [2.05, 4.69) is 10.1 Å². The third kappa shape index (κ3) is 2.39. The maximum Gasteiger partial charge on any atom is 0.407 e. The summed E-state index contributed by atoms with van der Waals surface area (Å²) in [5.74, 6) is 0.0870. The predicted molar refractivity (Wildman–Crippen MR) is 50.3 cm³/mol. The molecule has 1 heterocycles. The fourth-order valence-electron chi connectivity index (χ4n) is 1.45. The maximum absolute atomic E-state index is 11.9. The summed E-state index contributed by atoms with van der Waals surface area (Å²) in [6.45, 7) is -2.59. The minimum absolute atomic E-state index is 0.0870. The van der Waals surface area contributed by atoms with Crippen LogP contribution in [0.4, 0.5) is 13.6 Å². The highest BCUT2D eigenvalue weighted by Crippen LogP contribution is 2.21. The van der Waals surface area contributed by atoms with Gasteiger partial charge in [-0.25, -0.2) is 4.79 Å². The normalized spacial score (nSPS) is 19.4. The molecule has 1 fully saturated rings. The Morgan fingerprint density at radius 2 is 2.06 bits per heavy atom. The van der Waals surface area contributed by atoms with Crippen LogP contribution in [0.5, 0.6) is 5.75 Å². The van der Waals surface area contributed by atoms with E-state index < -0.39 is 12.7 Å². The monoisotopic (exact) mass is 229 g/mol. The number of rotatable bonds is 3. The van der Waals surface area contributed by atoms with Crippen molar-refractivity contribution in [3.63, 3.8) is 0 Å². The Hall–Kier alpha value is -1.85. The van der Waals surface area contributed by atoms with Gasteiger partial charge < -0.3 is 14.8 Å². The molecule has 0 bridgehead atoms. The Balaban J connectivity index is 2.04. The Bertz CT molecular complexity index is 380. The van der Waals surface area contributed by atoms with Crippen LogP contribution in [0.3, 0.4) is 0 Å². The third-order valence-corrected chi connectivity index (χ3v) is 2.18. The first-order chi connectivity index (χ1) is 7.65. The number of alkyl carbamates (subject to hydrolysis) is 1. The molecule has 1 aliphatic heterocycles. The van der Waals surface area contributed by atoms with E-state index in [-0.39, 0.29) is 18.4 Å². The van der Waals surface area contributed by atoms with E-state index >= 15 is 0 Å². The van der Waals surface area contributed by atoms with Crippen LogP contribution in [0.1, 0.15) is 11.6 Å². The molecule has 1 aromatic carbocycles. The van der Waals surface area contributed by atoms with E-state index in [1.165, 1.54) is 12.1 Å². The molecule has 1 atom stereocenters. The smallest absolute Gasteiger partial charge is 0.407 e. The molecule has 0 spiro atoms. The van der Waals surface area contributed by atoms with Crippen LogP contribution in [-0.2, 0) is 4.74 Å². The van der Waals surface area contributed by atoms with E-state index in [9.17, 15) is 13.6 Å². The van der Waals surface area contributed by atoms with Crippen LogP contribution in [0.15, 0.2) is 24.3 Å². The van der Waals surface area contributed by atoms with Crippen molar-refractivity contribution in [3.05, 3.63) is 29.8 Å². The fourth-order valence-corrected chi connectivity index (χ4v) is 1.45. The van der Waals surface area contributed by atoms with Crippen molar-refractivity contribution in [3.8, 4) is 5.75 Å². The number of ether oxygens (including phenoxy) is 2. The van der Waals surface area contributed by atoms with Gasteiger partial charge in [-0.3, -0.25) is 0 Å². The summed E-state index contributed by atoms with van der Waals surface area (Å²) in [5.41, 5.74) is 0.785. The molecule has 16 heavy (non-hydrogen) atoms. The van der Waals surface area contributed by atoms with Gasteiger partial charge in [0.25, 0.3) is 0 Å². The van der Waals surface area contributed by atoms with Crippen LogP contribution >= 0.6 is 0 Å². The second-order valence-corrected chi connectivity index (χ2v) is 3.24. The van der Waals surface area contributed by atoms with Gasteiger partial charge in [-0.2, -0.15) is 8.78 Å². The topological polar surface area (TPSA) is 47.6 Å². The quantitative estimate of drug-likeness (QED) is 0.863. The number of hydrogen-bond donors (Lipinski definition) is 1. The molecular weight excluding hydrogens is 220 g/mol. The van der Waals surface area contributed by atoms with Gasteiger partial charge in [-0.15, -0.1) is 0 Å². The zero-order valence-electron chi connectivity index (χ0n) is 8.15. The molecule has 2 rings (SSSR count). The number of amides is 1. The lowest BCUT2D eigenvalue weighted by Crippen LogP contribution is -2.18. The summed E-state index contributed by atoms with van der Waals surface area (Å²) in [5, 5.41) is 2.58. The number of benzene rings is 1. The van der Waals surface area contributed by atoms with Crippen LogP contribution in [-0.4, -0.2) is 19.3 Å². The minimum atomic E-state index is -2.83. The highest BCUT2D eigenvalue weighted by atomic mass is 19.3. The third-order valence-electron chi connectivity index (χ3n) is 2.18. The van der Waals surface area contributed by atoms with Gasteiger partial charge in [0.2, 0.25) is 0 Å². The van der Waals surface area contributed by atoms with Crippen LogP contribution in [0.2, 0.25) is 0 Å². The summed E-state index contributed by atoms with van der Waals surface area (Å²) in [7, 11) is 0. The van der Waals surface area contributed by atoms with Crippen molar-refractivity contribution in [1.82, 2.24) is 5.32 Å². The number of carbonyl (C=O) groups is 1. The lowest BCUT2D eigenvalue weighted by molar-refractivity contribution is -0.0498. The van der Waals surface area contributed by atoms with Crippen LogP contribution in [0, 0.1) is 0 Å². The minimum Gasteiger partial charge on any atom is -0.447 e. The van der Waals surface area contributed by atoms with Crippen molar-refractivity contribution < 1.29 is 23.0 Å². The Kier molecular flexibility index (Phi) is 2.89. The molecule has 1 N–H and O–H groups in total. The molecule has 6 heteroatoms. The van der Waals surface area contributed by atoms with Gasteiger partial charge in [0, 0.05) is 0 Å². The summed E-state index contributed by atoms with van der Waals surface area (Å²) in [6, 6.07) is 5.83. The molecule has 1 aliphatic rings. The van der Waals surface area contributed by atoms with Gasteiger partial charge in [0.1, 0.15) is 12.4 Å². The van der Waals surface area contributed by atoms with Crippen LogP contribution < -0.4 is 10.1 Å². The highest BCUT2D eigenvalue weighted by Gasteiger charge is 2.23. The van der Waals surface area contributed by atoms with E-state index in [0.717, 1.165) is 5.56 Å². The molecular formula is C10H9F2NO3.